The smallest absolute Gasteiger partial charge is 0.270 e. The number of rotatable bonds is 4. The largest absolute Gasteiger partial charge is 0.350 e. The molecule has 0 atom stereocenters. The number of carbonyl (C=O) groups excluding carboxylic acids is 1. The topological polar surface area (TPSA) is 53.2 Å². The summed E-state index contributed by atoms with van der Waals surface area (Å²) in [5, 5.41) is 0.593. The Labute approximate surface area is 134 Å². The van der Waals surface area contributed by atoms with Crippen molar-refractivity contribution in [1.82, 2.24) is 9.88 Å². The van der Waals surface area contributed by atoms with Crippen LogP contribution in [0.25, 0.3) is 10.9 Å². The number of carbonyl (C=O) groups is 1. The van der Waals surface area contributed by atoms with Crippen molar-refractivity contribution in [3.05, 3.63) is 82.1 Å². The van der Waals surface area contributed by atoms with Crippen molar-refractivity contribution in [2.24, 2.45) is 0 Å². The van der Waals surface area contributed by atoms with E-state index in [4.69, 9.17) is 0 Å². The van der Waals surface area contributed by atoms with E-state index in [0.717, 1.165) is 5.56 Å². The average molecular weight is 306 g/mol. The fourth-order valence-corrected chi connectivity index (χ4v) is 2.61. The molecule has 4 heteroatoms. The van der Waals surface area contributed by atoms with Crippen LogP contribution < -0.4 is 5.43 Å². The molecule has 0 saturated carbocycles. The van der Waals surface area contributed by atoms with E-state index >= 15 is 0 Å². The lowest BCUT2D eigenvalue weighted by Gasteiger charge is -2.21. The Morgan fingerprint density at radius 3 is 2.48 bits per heavy atom. The molecule has 0 aliphatic rings. The van der Waals surface area contributed by atoms with Gasteiger partial charge in [0.2, 0.25) is 0 Å². The molecule has 1 N–H and O–H groups in total. The predicted octanol–water partition coefficient (Wildman–Crippen LogP) is 3.19. The SMILES string of the molecule is CCN(Cc1ccccc1)C(=O)c1cc(=O)c2ccccc2[nH]1. The molecule has 0 spiro atoms. The number of hydrogen-bond donors (Lipinski definition) is 1. The molecule has 116 valence electrons. The number of hydrogen-bond acceptors (Lipinski definition) is 2. The van der Waals surface area contributed by atoms with Crippen molar-refractivity contribution in [3.8, 4) is 0 Å². The fourth-order valence-electron chi connectivity index (χ4n) is 2.61. The quantitative estimate of drug-likeness (QED) is 0.805. The van der Waals surface area contributed by atoms with Gasteiger partial charge in [0.25, 0.3) is 5.91 Å². The van der Waals surface area contributed by atoms with Crippen LogP contribution in [-0.4, -0.2) is 22.3 Å². The predicted molar refractivity (Wildman–Crippen MR) is 91.4 cm³/mol. The van der Waals surface area contributed by atoms with Gasteiger partial charge in [-0.2, -0.15) is 0 Å². The van der Waals surface area contributed by atoms with Crippen LogP contribution in [0.4, 0.5) is 0 Å². The molecule has 0 bridgehead atoms. The summed E-state index contributed by atoms with van der Waals surface area (Å²) in [5.74, 6) is -0.167. The summed E-state index contributed by atoms with van der Waals surface area (Å²) in [5.41, 5.74) is 1.93. The number of pyridine rings is 1. The molecule has 23 heavy (non-hydrogen) atoms. The standard InChI is InChI=1S/C19H18N2O2/c1-2-21(13-14-8-4-3-5-9-14)19(23)17-12-18(22)15-10-6-7-11-16(15)20-17/h3-12H,2,13H2,1H3,(H,20,22). The minimum Gasteiger partial charge on any atom is -0.350 e. The van der Waals surface area contributed by atoms with E-state index in [2.05, 4.69) is 4.98 Å². The molecule has 3 aromatic rings. The molecule has 2 aromatic carbocycles. The van der Waals surface area contributed by atoms with Gasteiger partial charge in [-0.05, 0) is 24.6 Å². The summed E-state index contributed by atoms with van der Waals surface area (Å²) in [6.45, 7) is 3.02. The summed E-state index contributed by atoms with van der Waals surface area (Å²) >= 11 is 0. The molecule has 1 aromatic heterocycles. The highest BCUT2D eigenvalue weighted by molar-refractivity contribution is 5.94. The Morgan fingerprint density at radius 1 is 1.04 bits per heavy atom. The van der Waals surface area contributed by atoms with Gasteiger partial charge in [0, 0.05) is 30.1 Å². The second-order valence-electron chi connectivity index (χ2n) is 5.40. The highest BCUT2D eigenvalue weighted by atomic mass is 16.2. The first kappa shape index (κ1) is 15.0. The van der Waals surface area contributed by atoms with E-state index in [-0.39, 0.29) is 11.3 Å². The molecule has 0 aliphatic carbocycles. The normalized spacial score (nSPS) is 10.7. The van der Waals surface area contributed by atoms with Gasteiger partial charge in [-0.25, -0.2) is 0 Å². The zero-order valence-corrected chi connectivity index (χ0v) is 13.0. The molecule has 4 nitrogen and oxygen atoms in total. The van der Waals surface area contributed by atoms with Crippen molar-refractivity contribution in [3.63, 3.8) is 0 Å². The first-order valence-electron chi connectivity index (χ1n) is 7.64. The van der Waals surface area contributed by atoms with Crippen LogP contribution in [0.5, 0.6) is 0 Å². The maximum absolute atomic E-state index is 12.7. The van der Waals surface area contributed by atoms with Crippen molar-refractivity contribution in [2.45, 2.75) is 13.5 Å². The number of H-pyrrole nitrogens is 1. The molecule has 0 saturated heterocycles. The number of amides is 1. The first-order valence-corrected chi connectivity index (χ1v) is 7.64. The van der Waals surface area contributed by atoms with Crippen LogP contribution in [0.15, 0.2) is 65.5 Å². The van der Waals surface area contributed by atoms with Crippen LogP contribution in [0, 0.1) is 0 Å². The molecule has 0 aliphatic heterocycles. The van der Waals surface area contributed by atoms with Crippen LogP contribution in [-0.2, 0) is 6.54 Å². The Morgan fingerprint density at radius 2 is 1.74 bits per heavy atom. The molecular weight excluding hydrogens is 288 g/mol. The second-order valence-corrected chi connectivity index (χ2v) is 5.40. The van der Waals surface area contributed by atoms with Crippen LogP contribution in [0.2, 0.25) is 0 Å². The van der Waals surface area contributed by atoms with Crippen LogP contribution >= 0.6 is 0 Å². The van der Waals surface area contributed by atoms with Gasteiger partial charge < -0.3 is 9.88 Å². The van der Waals surface area contributed by atoms with Gasteiger partial charge >= 0.3 is 0 Å². The Bertz CT molecular complexity index is 885. The number of nitrogens with zero attached hydrogens (tertiary/aromatic N) is 1. The summed E-state index contributed by atoms with van der Waals surface area (Å²) in [4.78, 5) is 29.7. The fraction of sp³-hybridized carbons (Fsp3) is 0.158. The van der Waals surface area contributed by atoms with Crippen molar-refractivity contribution in [2.75, 3.05) is 6.54 Å². The van der Waals surface area contributed by atoms with E-state index in [0.29, 0.717) is 29.7 Å². The lowest BCUT2D eigenvalue weighted by atomic mass is 10.1. The third-order valence-corrected chi connectivity index (χ3v) is 3.85. The third kappa shape index (κ3) is 3.16. The van der Waals surface area contributed by atoms with E-state index in [9.17, 15) is 9.59 Å². The number of benzene rings is 2. The number of aromatic nitrogens is 1. The molecule has 1 amide bonds. The van der Waals surface area contributed by atoms with E-state index in [1.807, 2.05) is 49.4 Å². The van der Waals surface area contributed by atoms with Gasteiger partial charge in [0.1, 0.15) is 5.69 Å². The summed E-state index contributed by atoms with van der Waals surface area (Å²) in [6, 6.07) is 18.4. The minimum absolute atomic E-state index is 0.140. The number of aromatic amines is 1. The minimum atomic E-state index is -0.167. The number of nitrogens with one attached hydrogen (secondary N) is 1. The molecule has 3 rings (SSSR count). The lowest BCUT2D eigenvalue weighted by molar-refractivity contribution is 0.0747. The average Bonchev–Trinajstić information content (AvgIpc) is 2.60. The molecule has 0 unspecified atom stereocenters. The van der Waals surface area contributed by atoms with E-state index in [1.54, 1.807) is 17.0 Å². The Balaban J connectivity index is 1.93. The van der Waals surface area contributed by atoms with Crippen LogP contribution in [0.3, 0.4) is 0 Å². The first-order chi connectivity index (χ1) is 11.2. The summed E-state index contributed by atoms with van der Waals surface area (Å²) in [7, 11) is 0. The van der Waals surface area contributed by atoms with Crippen molar-refractivity contribution < 1.29 is 4.79 Å². The molecule has 0 radical (unpaired) electrons. The summed E-state index contributed by atoms with van der Waals surface area (Å²) in [6.07, 6.45) is 0. The van der Waals surface area contributed by atoms with Gasteiger partial charge in [-0.1, -0.05) is 42.5 Å². The van der Waals surface area contributed by atoms with Gasteiger partial charge in [-0.15, -0.1) is 0 Å². The molecule has 1 heterocycles. The van der Waals surface area contributed by atoms with Gasteiger partial charge in [0.05, 0.1) is 0 Å². The van der Waals surface area contributed by atoms with Gasteiger partial charge in [-0.3, -0.25) is 9.59 Å². The zero-order chi connectivity index (χ0) is 16.2. The highest BCUT2D eigenvalue weighted by Gasteiger charge is 2.16. The van der Waals surface area contributed by atoms with Crippen LogP contribution in [0.1, 0.15) is 23.0 Å². The number of para-hydroxylation sites is 1. The molecule has 0 fully saturated rings. The van der Waals surface area contributed by atoms with E-state index in [1.165, 1.54) is 6.07 Å². The Hall–Kier alpha value is -2.88. The lowest BCUT2D eigenvalue weighted by Crippen LogP contribution is -2.31. The number of fused-ring (bicyclic) bond motifs is 1. The van der Waals surface area contributed by atoms with Crippen molar-refractivity contribution >= 4 is 16.8 Å². The maximum atomic E-state index is 12.7. The maximum Gasteiger partial charge on any atom is 0.270 e. The second kappa shape index (κ2) is 6.48. The van der Waals surface area contributed by atoms with E-state index < -0.39 is 0 Å². The highest BCUT2D eigenvalue weighted by Crippen LogP contribution is 2.11. The Kier molecular flexibility index (Phi) is 4.24. The molecular formula is C19H18N2O2. The monoisotopic (exact) mass is 306 g/mol. The van der Waals surface area contributed by atoms with Gasteiger partial charge in [0.15, 0.2) is 5.43 Å². The summed E-state index contributed by atoms with van der Waals surface area (Å²) < 4.78 is 0. The van der Waals surface area contributed by atoms with Crippen molar-refractivity contribution in [1.29, 1.82) is 0 Å². The zero-order valence-electron chi connectivity index (χ0n) is 13.0. The third-order valence-electron chi connectivity index (χ3n) is 3.85.